The molecular weight excluding hydrogens is 201 g/mol. The van der Waals surface area contributed by atoms with Crippen molar-refractivity contribution in [2.75, 3.05) is 6.61 Å². The Kier molecular flexibility index (Phi) is 2.15. The van der Waals surface area contributed by atoms with Crippen molar-refractivity contribution in [3.8, 4) is 0 Å². The summed E-state index contributed by atoms with van der Waals surface area (Å²) in [7, 11) is 0. The smallest absolute Gasteiger partial charge is 0.368 e. The van der Waals surface area contributed by atoms with Gasteiger partial charge in [0.25, 0.3) is 0 Å². The normalized spacial score (nSPS) is 28.1. The van der Waals surface area contributed by atoms with Gasteiger partial charge >= 0.3 is 6.18 Å². The molecule has 13 heavy (non-hydrogen) atoms. The maximum atomic E-state index is 12.1. The number of epoxide rings is 1. The monoisotopic (exact) mass is 208 g/mol. The fraction of sp³-hybridized carbons (Fsp3) is 0.500. The molecule has 2 aliphatic heterocycles. The van der Waals surface area contributed by atoms with E-state index in [0.717, 1.165) is 17.3 Å². The number of halogens is 3. The Hall–Kier alpha value is -0.420. The van der Waals surface area contributed by atoms with Crippen molar-refractivity contribution >= 4 is 11.8 Å². The number of hydrogen-bond donors (Lipinski definition) is 0. The van der Waals surface area contributed by atoms with Crippen molar-refractivity contribution in [2.45, 2.75) is 18.7 Å². The van der Waals surface area contributed by atoms with Crippen LogP contribution < -0.4 is 0 Å². The Bertz CT molecular complexity index is 276. The van der Waals surface area contributed by atoms with Crippen LogP contribution in [0.3, 0.4) is 0 Å². The van der Waals surface area contributed by atoms with E-state index in [1.54, 1.807) is 5.41 Å². The van der Waals surface area contributed by atoms with Gasteiger partial charge in [0, 0.05) is 0 Å². The molecule has 2 heterocycles. The van der Waals surface area contributed by atoms with Crippen LogP contribution in [-0.2, 0) is 4.74 Å². The number of rotatable bonds is 1. The van der Waals surface area contributed by atoms with Crippen molar-refractivity contribution in [3.63, 3.8) is 0 Å². The average Bonchev–Trinajstić information content (AvgIpc) is 2.85. The standard InChI is InChI=1S/C8H7F3OS/c9-8(10,11)7-2-1-5(4-13-7)6-3-12-6/h2,4,6H,1,3H2/t6-/m0/s1. The first-order chi connectivity index (χ1) is 6.07. The van der Waals surface area contributed by atoms with E-state index in [2.05, 4.69) is 0 Å². The van der Waals surface area contributed by atoms with Crippen LogP contribution >= 0.6 is 11.8 Å². The predicted molar refractivity (Wildman–Crippen MR) is 44.2 cm³/mol. The molecule has 0 aromatic rings. The lowest BCUT2D eigenvalue weighted by Gasteiger charge is -2.14. The minimum absolute atomic E-state index is 0.0820. The number of ether oxygens (including phenoxy) is 1. The van der Waals surface area contributed by atoms with Gasteiger partial charge in [-0.05, 0) is 17.4 Å². The van der Waals surface area contributed by atoms with Gasteiger partial charge in [0.05, 0.1) is 11.5 Å². The summed E-state index contributed by atoms with van der Waals surface area (Å²) in [6.45, 7) is 0.654. The molecule has 1 saturated heterocycles. The van der Waals surface area contributed by atoms with Gasteiger partial charge in [-0.1, -0.05) is 17.8 Å². The summed E-state index contributed by atoms with van der Waals surface area (Å²) in [5.41, 5.74) is 0.956. The summed E-state index contributed by atoms with van der Waals surface area (Å²) >= 11 is 0.741. The highest BCUT2D eigenvalue weighted by Crippen LogP contribution is 2.41. The average molecular weight is 208 g/mol. The van der Waals surface area contributed by atoms with Gasteiger partial charge in [0.2, 0.25) is 0 Å². The second kappa shape index (κ2) is 3.06. The molecule has 0 aromatic heterocycles. The molecule has 0 bridgehead atoms. The second-order valence-electron chi connectivity index (χ2n) is 2.90. The van der Waals surface area contributed by atoms with E-state index in [-0.39, 0.29) is 6.10 Å². The lowest BCUT2D eigenvalue weighted by molar-refractivity contribution is -0.0837. The highest BCUT2D eigenvalue weighted by molar-refractivity contribution is 8.06. The maximum absolute atomic E-state index is 12.1. The molecule has 72 valence electrons. The molecular formula is C8H7F3OS. The Labute approximate surface area is 77.6 Å². The van der Waals surface area contributed by atoms with Crippen molar-refractivity contribution in [3.05, 3.63) is 22.0 Å². The van der Waals surface area contributed by atoms with Gasteiger partial charge in [-0.3, -0.25) is 0 Å². The maximum Gasteiger partial charge on any atom is 0.422 e. The number of alkyl halides is 3. The molecule has 1 atom stereocenters. The van der Waals surface area contributed by atoms with Crippen LogP contribution in [0.5, 0.6) is 0 Å². The largest absolute Gasteiger partial charge is 0.422 e. The van der Waals surface area contributed by atoms with Crippen LogP contribution in [0.25, 0.3) is 0 Å². The van der Waals surface area contributed by atoms with E-state index in [1.165, 1.54) is 6.08 Å². The van der Waals surface area contributed by atoms with E-state index in [1.807, 2.05) is 0 Å². The van der Waals surface area contributed by atoms with Gasteiger partial charge < -0.3 is 4.74 Å². The van der Waals surface area contributed by atoms with Crippen LogP contribution in [0, 0.1) is 0 Å². The zero-order valence-electron chi connectivity index (χ0n) is 6.60. The van der Waals surface area contributed by atoms with Gasteiger partial charge in [-0.2, -0.15) is 13.2 Å². The van der Waals surface area contributed by atoms with Crippen LogP contribution in [0.1, 0.15) is 6.42 Å². The Morgan fingerprint density at radius 3 is 2.54 bits per heavy atom. The SMILES string of the molecule is FC(F)(F)C1=CCC([C@@H]2CO2)=CS1. The molecule has 2 rings (SSSR count). The summed E-state index contributed by atoms with van der Waals surface area (Å²) in [5, 5.41) is 1.56. The van der Waals surface area contributed by atoms with E-state index in [0.29, 0.717) is 13.0 Å². The highest BCUT2D eigenvalue weighted by Gasteiger charge is 2.36. The van der Waals surface area contributed by atoms with E-state index in [9.17, 15) is 13.2 Å². The third-order valence-corrected chi connectivity index (χ3v) is 2.96. The van der Waals surface area contributed by atoms with E-state index >= 15 is 0 Å². The first-order valence-corrected chi connectivity index (χ1v) is 4.70. The summed E-state index contributed by atoms with van der Waals surface area (Å²) in [6.07, 6.45) is -2.52. The van der Waals surface area contributed by atoms with Crippen LogP contribution in [-0.4, -0.2) is 18.9 Å². The third kappa shape index (κ3) is 2.08. The second-order valence-corrected chi connectivity index (χ2v) is 3.81. The van der Waals surface area contributed by atoms with Crippen molar-refractivity contribution < 1.29 is 17.9 Å². The molecule has 0 spiro atoms. The minimum Gasteiger partial charge on any atom is -0.368 e. The first kappa shape index (κ1) is 9.15. The number of hydrogen-bond acceptors (Lipinski definition) is 2. The molecule has 0 saturated carbocycles. The predicted octanol–water partition coefficient (Wildman–Crippen LogP) is 2.85. The Morgan fingerprint density at radius 1 is 1.46 bits per heavy atom. The molecule has 0 unspecified atom stereocenters. The minimum atomic E-state index is -4.20. The van der Waals surface area contributed by atoms with Gasteiger partial charge in [-0.25, -0.2) is 0 Å². The summed E-state index contributed by atoms with van der Waals surface area (Å²) < 4.78 is 41.4. The molecule has 1 fully saturated rings. The molecule has 0 aromatic carbocycles. The fourth-order valence-electron chi connectivity index (χ4n) is 1.10. The molecule has 0 amide bonds. The zero-order chi connectivity index (χ0) is 9.47. The lowest BCUT2D eigenvalue weighted by atomic mass is 10.1. The first-order valence-electron chi connectivity index (χ1n) is 3.82. The van der Waals surface area contributed by atoms with Crippen LogP contribution in [0.15, 0.2) is 22.0 Å². The summed E-state index contributed by atoms with van der Waals surface area (Å²) in [4.78, 5) is -0.517. The molecule has 1 nitrogen and oxygen atoms in total. The molecule has 2 aliphatic rings. The van der Waals surface area contributed by atoms with Gasteiger partial charge in [0.1, 0.15) is 6.10 Å². The molecule has 5 heteroatoms. The van der Waals surface area contributed by atoms with Gasteiger partial charge in [-0.15, -0.1) is 0 Å². The highest BCUT2D eigenvalue weighted by atomic mass is 32.2. The van der Waals surface area contributed by atoms with Crippen LogP contribution in [0.2, 0.25) is 0 Å². The van der Waals surface area contributed by atoms with Crippen LogP contribution in [0.4, 0.5) is 13.2 Å². The molecule has 0 radical (unpaired) electrons. The molecule has 0 aliphatic carbocycles. The van der Waals surface area contributed by atoms with Crippen molar-refractivity contribution in [2.24, 2.45) is 0 Å². The topological polar surface area (TPSA) is 12.5 Å². The fourth-order valence-corrected chi connectivity index (χ4v) is 1.94. The number of allylic oxidation sites excluding steroid dienone is 2. The lowest BCUT2D eigenvalue weighted by Crippen LogP contribution is -2.10. The summed E-state index contributed by atoms with van der Waals surface area (Å²) in [6, 6.07) is 0. The molecule has 0 N–H and O–H groups in total. The Balaban J connectivity index is 2.00. The van der Waals surface area contributed by atoms with E-state index in [4.69, 9.17) is 4.74 Å². The number of thioether (sulfide) groups is 1. The zero-order valence-corrected chi connectivity index (χ0v) is 7.41. The van der Waals surface area contributed by atoms with Gasteiger partial charge in [0.15, 0.2) is 0 Å². The van der Waals surface area contributed by atoms with E-state index < -0.39 is 11.1 Å². The quantitative estimate of drug-likeness (QED) is 0.614. The summed E-state index contributed by atoms with van der Waals surface area (Å²) in [5.74, 6) is 0. The third-order valence-electron chi connectivity index (χ3n) is 1.89. The Morgan fingerprint density at radius 2 is 2.15 bits per heavy atom. The van der Waals surface area contributed by atoms with Crippen molar-refractivity contribution in [1.82, 2.24) is 0 Å². The van der Waals surface area contributed by atoms with Crippen molar-refractivity contribution in [1.29, 1.82) is 0 Å².